The van der Waals surface area contributed by atoms with Crippen molar-refractivity contribution in [1.29, 1.82) is 0 Å². The summed E-state index contributed by atoms with van der Waals surface area (Å²) in [5, 5.41) is 2.64. The van der Waals surface area contributed by atoms with Crippen LogP contribution in [0.15, 0.2) is 12.1 Å². The number of carbonyl (C=O) groups excluding carboxylic acids is 1. The van der Waals surface area contributed by atoms with Gasteiger partial charge in [-0.1, -0.05) is 18.5 Å². The van der Waals surface area contributed by atoms with Gasteiger partial charge in [0, 0.05) is 17.8 Å². The van der Waals surface area contributed by atoms with Crippen molar-refractivity contribution >= 4 is 17.5 Å². The number of pyridine rings is 1. The van der Waals surface area contributed by atoms with Crippen LogP contribution in [-0.2, 0) is 11.2 Å². The Balaban J connectivity index is 2.41. The van der Waals surface area contributed by atoms with Crippen LogP contribution in [0.25, 0.3) is 0 Å². The molecule has 0 fully saturated rings. The zero-order valence-electron chi connectivity index (χ0n) is 10.8. The van der Waals surface area contributed by atoms with Crippen LogP contribution in [0.2, 0.25) is 5.15 Å². The summed E-state index contributed by atoms with van der Waals surface area (Å²) in [6.45, 7) is 0.302. The second kappa shape index (κ2) is 7.44. The minimum atomic E-state index is -4.36. The molecule has 1 aromatic rings. The third-order valence-electron chi connectivity index (χ3n) is 2.27. The molecule has 0 aliphatic heterocycles. The first kappa shape index (κ1) is 16.7. The van der Waals surface area contributed by atoms with Gasteiger partial charge >= 0.3 is 6.18 Å². The fourth-order valence-electron chi connectivity index (χ4n) is 1.39. The standard InChI is InChI=1S/C12H14ClF3N2O2/c1-2-9-5-8(6-10(13)18-9)11(19)17-3-4-20-7-12(14,15)16/h5-6H,2-4,7H2,1H3,(H,17,19). The van der Waals surface area contributed by atoms with E-state index in [4.69, 9.17) is 11.6 Å². The largest absolute Gasteiger partial charge is 0.411 e. The minimum Gasteiger partial charge on any atom is -0.370 e. The molecule has 0 aliphatic carbocycles. The van der Waals surface area contributed by atoms with Gasteiger partial charge in [0.25, 0.3) is 5.91 Å². The average Bonchev–Trinajstić information content (AvgIpc) is 2.36. The van der Waals surface area contributed by atoms with Gasteiger partial charge in [0.05, 0.1) is 6.61 Å². The fourth-order valence-corrected chi connectivity index (χ4v) is 1.62. The van der Waals surface area contributed by atoms with Crippen molar-refractivity contribution < 1.29 is 22.7 Å². The lowest BCUT2D eigenvalue weighted by molar-refractivity contribution is -0.173. The maximum Gasteiger partial charge on any atom is 0.411 e. The average molecular weight is 311 g/mol. The second-order valence-electron chi connectivity index (χ2n) is 3.95. The normalized spacial score (nSPS) is 11.4. The van der Waals surface area contributed by atoms with Gasteiger partial charge < -0.3 is 10.1 Å². The molecule has 112 valence electrons. The molecule has 4 nitrogen and oxygen atoms in total. The molecular weight excluding hydrogens is 297 g/mol. The van der Waals surface area contributed by atoms with E-state index in [-0.39, 0.29) is 18.3 Å². The molecular formula is C12H14ClF3N2O2. The van der Waals surface area contributed by atoms with Crippen LogP contribution in [0.3, 0.4) is 0 Å². The molecule has 0 bridgehead atoms. The van der Waals surface area contributed by atoms with E-state index in [0.717, 1.165) is 0 Å². The highest BCUT2D eigenvalue weighted by atomic mass is 35.5. The Bertz CT molecular complexity index is 467. The quantitative estimate of drug-likeness (QED) is 0.649. The first-order valence-electron chi connectivity index (χ1n) is 5.91. The molecule has 1 aromatic heterocycles. The highest BCUT2D eigenvalue weighted by molar-refractivity contribution is 6.29. The number of alkyl halides is 3. The molecule has 0 atom stereocenters. The molecule has 1 heterocycles. The van der Waals surface area contributed by atoms with E-state index in [1.807, 2.05) is 6.92 Å². The Morgan fingerprint density at radius 3 is 2.75 bits per heavy atom. The lowest BCUT2D eigenvalue weighted by Gasteiger charge is -2.09. The summed E-state index contributed by atoms with van der Waals surface area (Å²) in [6.07, 6.45) is -3.74. The molecule has 0 aromatic carbocycles. The first-order valence-corrected chi connectivity index (χ1v) is 6.29. The number of hydrogen-bond donors (Lipinski definition) is 1. The van der Waals surface area contributed by atoms with E-state index in [9.17, 15) is 18.0 Å². The number of carbonyl (C=O) groups is 1. The van der Waals surface area contributed by atoms with Crippen molar-refractivity contribution in [2.24, 2.45) is 0 Å². The summed E-state index contributed by atoms with van der Waals surface area (Å²) in [5.74, 6) is -0.431. The van der Waals surface area contributed by atoms with Crippen molar-refractivity contribution in [1.82, 2.24) is 10.3 Å². The third kappa shape index (κ3) is 6.21. The van der Waals surface area contributed by atoms with Gasteiger partial charge in [-0.2, -0.15) is 13.2 Å². The van der Waals surface area contributed by atoms with Gasteiger partial charge in [-0.25, -0.2) is 4.98 Å². The lowest BCUT2D eigenvalue weighted by atomic mass is 10.2. The highest BCUT2D eigenvalue weighted by Gasteiger charge is 2.27. The summed E-state index contributed by atoms with van der Waals surface area (Å²) < 4.78 is 39.8. The SMILES string of the molecule is CCc1cc(C(=O)NCCOCC(F)(F)F)cc(Cl)n1. The molecule has 1 N–H and O–H groups in total. The Morgan fingerprint density at radius 1 is 1.45 bits per heavy atom. The smallest absolute Gasteiger partial charge is 0.370 e. The van der Waals surface area contributed by atoms with Crippen LogP contribution in [0.5, 0.6) is 0 Å². The van der Waals surface area contributed by atoms with Crippen molar-refractivity contribution in [2.45, 2.75) is 19.5 Å². The Kier molecular flexibility index (Phi) is 6.22. The topological polar surface area (TPSA) is 51.2 Å². The van der Waals surface area contributed by atoms with Gasteiger partial charge in [-0.05, 0) is 18.6 Å². The number of aryl methyl sites for hydroxylation is 1. The van der Waals surface area contributed by atoms with Crippen LogP contribution in [0.4, 0.5) is 13.2 Å². The number of nitrogens with one attached hydrogen (secondary N) is 1. The van der Waals surface area contributed by atoms with Crippen LogP contribution in [0, 0.1) is 0 Å². The monoisotopic (exact) mass is 310 g/mol. The zero-order chi connectivity index (χ0) is 15.2. The molecule has 0 saturated heterocycles. The van der Waals surface area contributed by atoms with Crippen molar-refractivity contribution in [3.63, 3.8) is 0 Å². The van der Waals surface area contributed by atoms with Crippen molar-refractivity contribution in [2.75, 3.05) is 19.8 Å². The van der Waals surface area contributed by atoms with Crippen LogP contribution in [0.1, 0.15) is 23.0 Å². The van der Waals surface area contributed by atoms with Gasteiger partial charge in [0.15, 0.2) is 0 Å². The molecule has 0 aliphatic rings. The van der Waals surface area contributed by atoms with E-state index < -0.39 is 18.7 Å². The summed E-state index contributed by atoms with van der Waals surface area (Å²) in [6, 6.07) is 2.98. The van der Waals surface area contributed by atoms with Crippen LogP contribution in [-0.4, -0.2) is 36.8 Å². The van der Waals surface area contributed by atoms with Gasteiger partial charge in [-0.15, -0.1) is 0 Å². The third-order valence-corrected chi connectivity index (χ3v) is 2.46. The maximum absolute atomic E-state index is 11.8. The van der Waals surface area contributed by atoms with E-state index in [0.29, 0.717) is 17.7 Å². The number of amides is 1. The molecule has 1 amide bonds. The lowest BCUT2D eigenvalue weighted by Crippen LogP contribution is -2.29. The van der Waals surface area contributed by atoms with E-state index >= 15 is 0 Å². The Morgan fingerprint density at radius 2 is 2.15 bits per heavy atom. The van der Waals surface area contributed by atoms with Crippen molar-refractivity contribution in [3.05, 3.63) is 28.5 Å². The van der Waals surface area contributed by atoms with Gasteiger partial charge in [0.2, 0.25) is 0 Å². The van der Waals surface area contributed by atoms with Crippen LogP contribution >= 0.6 is 11.6 Å². The number of ether oxygens (including phenoxy) is 1. The Labute approximate surface area is 119 Å². The number of aromatic nitrogens is 1. The van der Waals surface area contributed by atoms with Crippen LogP contribution < -0.4 is 5.32 Å². The number of rotatable bonds is 6. The van der Waals surface area contributed by atoms with E-state index in [2.05, 4.69) is 15.0 Å². The molecule has 20 heavy (non-hydrogen) atoms. The predicted molar refractivity (Wildman–Crippen MR) is 67.8 cm³/mol. The molecule has 1 rings (SSSR count). The molecule has 8 heteroatoms. The summed E-state index contributed by atoms with van der Waals surface area (Å²) in [5.41, 5.74) is 0.980. The van der Waals surface area contributed by atoms with Gasteiger partial charge in [0.1, 0.15) is 11.8 Å². The summed E-state index contributed by atoms with van der Waals surface area (Å²) >= 11 is 5.77. The molecule has 0 radical (unpaired) electrons. The number of halogens is 4. The molecule has 0 spiro atoms. The number of nitrogens with zero attached hydrogens (tertiary/aromatic N) is 1. The number of hydrogen-bond acceptors (Lipinski definition) is 3. The Hall–Kier alpha value is -1.34. The maximum atomic E-state index is 11.8. The fraction of sp³-hybridized carbons (Fsp3) is 0.500. The second-order valence-corrected chi connectivity index (χ2v) is 4.33. The first-order chi connectivity index (χ1) is 9.31. The zero-order valence-corrected chi connectivity index (χ0v) is 11.5. The predicted octanol–water partition coefficient (Wildman–Crippen LogP) is 2.61. The van der Waals surface area contributed by atoms with E-state index in [1.54, 1.807) is 6.07 Å². The summed E-state index contributed by atoms with van der Waals surface area (Å²) in [7, 11) is 0. The van der Waals surface area contributed by atoms with E-state index in [1.165, 1.54) is 6.07 Å². The minimum absolute atomic E-state index is 0.0175. The van der Waals surface area contributed by atoms with Gasteiger partial charge in [-0.3, -0.25) is 4.79 Å². The van der Waals surface area contributed by atoms with Crippen molar-refractivity contribution in [3.8, 4) is 0 Å². The summed E-state index contributed by atoms with van der Waals surface area (Å²) in [4.78, 5) is 15.8. The molecule has 0 saturated carbocycles. The molecule has 0 unspecified atom stereocenters. The highest BCUT2D eigenvalue weighted by Crippen LogP contribution is 2.14.